The molecule has 0 aliphatic carbocycles. The molecule has 3 rings (SSSR count). The summed E-state index contributed by atoms with van der Waals surface area (Å²) in [5.41, 5.74) is 0.0526. The largest absolute Gasteiger partial charge is 0.471 e. The maximum atomic E-state index is 12.7. The number of sulfone groups is 1. The number of aromatic nitrogens is 4. The van der Waals surface area contributed by atoms with E-state index in [9.17, 15) is 18.0 Å². The number of rotatable bonds is 6. The molecular weight excluding hydrogens is 372 g/mol. The molecular formula is C14H9ClN4O5S. The normalized spacial score (nSPS) is 11.4. The van der Waals surface area contributed by atoms with Gasteiger partial charge in [0.2, 0.25) is 21.4 Å². The number of tetrazole rings is 1. The highest BCUT2D eigenvalue weighted by molar-refractivity contribution is 7.91. The maximum absolute atomic E-state index is 12.7. The van der Waals surface area contributed by atoms with Gasteiger partial charge in [0.15, 0.2) is 0 Å². The number of hydrogen-bond acceptors (Lipinski definition) is 8. The Balaban J connectivity index is 1.89. The second-order valence-corrected chi connectivity index (χ2v) is 7.24. The molecule has 2 heterocycles. The highest BCUT2D eigenvalue weighted by Gasteiger charge is 2.27. The van der Waals surface area contributed by atoms with Crippen LogP contribution in [0.3, 0.4) is 0 Å². The summed E-state index contributed by atoms with van der Waals surface area (Å²) in [5, 5.41) is 12.5. The van der Waals surface area contributed by atoms with Crippen molar-refractivity contribution in [2.45, 2.75) is 16.2 Å². The van der Waals surface area contributed by atoms with Gasteiger partial charge >= 0.3 is 0 Å². The van der Waals surface area contributed by atoms with E-state index in [1.165, 1.54) is 24.3 Å². The van der Waals surface area contributed by atoms with Crippen molar-refractivity contribution < 1.29 is 22.4 Å². The fourth-order valence-corrected chi connectivity index (χ4v) is 3.58. The smallest absolute Gasteiger partial charge is 0.269 e. The first-order chi connectivity index (χ1) is 11.9. The molecule has 0 unspecified atom stereocenters. The first-order valence-corrected chi connectivity index (χ1v) is 8.62. The van der Waals surface area contributed by atoms with Crippen molar-refractivity contribution in [3.05, 3.63) is 53.2 Å². The fourth-order valence-electron chi connectivity index (χ4n) is 2.05. The molecule has 0 aliphatic rings. The molecule has 0 radical (unpaired) electrons. The Morgan fingerprint density at radius 1 is 1.16 bits per heavy atom. The Morgan fingerprint density at radius 2 is 1.88 bits per heavy atom. The van der Waals surface area contributed by atoms with Crippen molar-refractivity contribution in [3.63, 3.8) is 0 Å². The molecule has 9 nitrogen and oxygen atoms in total. The molecule has 0 spiro atoms. The van der Waals surface area contributed by atoms with Crippen LogP contribution in [0.25, 0.3) is 0 Å². The highest BCUT2D eigenvalue weighted by Crippen LogP contribution is 2.26. The second-order valence-electron chi connectivity index (χ2n) is 4.88. The van der Waals surface area contributed by atoms with Gasteiger partial charge in [0.05, 0.1) is 11.2 Å². The number of benzene rings is 1. The van der Waals surface area contributed by atoms with Gasteiger partial charge in [-0.05, 0) is 29.5 Å². The Morgan fingerprint density at radius 3 is 2.52 bits per heavy atom. The number of furan rings is 1. The van der Waals surface area contributed by atoms with Gasteiger partial charge in [-0.25, -0.2) is 8.42 Å². The van der Waals surface area contributed by atoms with E-state index < -0.39 is 33.6 Å². The molecule has 3 aromatic rings. The molecule has 25 heavy (non-hydrogen) atoms. The van der Waals surface area contributed by atoms with Crippen molar-refractivity contribution >= 4 is 33.0 Å². The number of carbonyl (C=O) groups excluding carboxylic acids is 2. The van der Waals surface area contributed by atoms with E-state index in [1.807, 2.05) is 0 Å². The molecule has 0 bridgehead atoms. The van der Waals surface area contributed by atoms with Crippen LogP contribution in [-0.4, -0.2) is 40.6 Å². The minimum atomic E-state index is -3.93. The number of halogens is 1. The molecule has 0 saturated heterocycles. The summed E-state index contributed by atoms with van der Waals surface area (Å²) in [7, 11) is -3.93. The minimum absolute atomic E-state index is 0.0171. The van der Waals surface area contributed by atoms with E-state index in [-0.39, 0.29) is 15.4 Å². The van der Waals surface area contributed by atoms with E-state index in [0.29, 0.717) is 5.02 Å². The van der Waals surface area contributed by atoms with Crippen molar-refractivity contribution in [2.75, 3.05) is 0 Å². The van der Waals surface area contributed by atoms with Crippen LogP contribution in [0.1, 0.15) is 16.2 Å². The summed E-state index contributed by atoms with van der Waals surface area (Å²) in [6, 6.07) is 5.53. The van der Waals surface area contributed by atoms with Gasteiger partial charge in [-0.3, -0.25) is 9.59 Å². The van der Waals surface area contributed by atoms with Gasteiger partial charge in [0, 0.05) is 17.0 Å². The summed E-state index contributed by atoms with van der Waals surface area (Å²) in [6.07, 6.45) is 1.63. The van der Waals surface area contributed by atoms with Crippen LogP contribution in [0.15, 0.2) is 51.0 Å². The Kier molecular flexibility index (Phi) is 4.47. The SMILES string of the molecule is O=C(Cc1cocc1S(=O)(=O)c1ccc(Cl)cc1)C(=O)c1nn[nH]n1. The molecule has 0 saturated carbocycles. The van der Waals surface area contributed by atoms with Crippen LogP contribution in [-0.2, 0) is 21.1 Å². The lowest BCUT2D eigenvalue weighted by molar-refractivity contribution is -0.114. The Hall–Kier alpha value is -2.85. The quantitative estimate of drug-likeness (QED) is 0.498. The third-order valence-corrected chi connectivity index (χ3v) is 5.35. The minimum Gasteiger partial charge on any atom is -0.471 e. The number of hydrogen-bond donors (Lipinski definition) is 1. The topological polar surface area (TPSA) is 136 Å². The molecule has 2 aromatic heterocycles. The molecule has 1 N–H and O–H groups in total. The molecule has 0 fully saturated rings. The zero-order valence-corrected chi connectivity index (χ0v) is 13.9. The summed E-state index contributed by atoms with van der Waals surface area (Å²) in [5.74, 6) is -2.27. The van der Waals surface area contributed by atoms with Crippen LogP contribution in [0.5, 0.6) is 0 Å². The van der Waals surface area contributed by atoms with Crippen molar-refractivity contribution in [1.82, 2.24) is 20.6 Å². The van der Waals surface area contributed by atoms with Crippen LogP contribution >= 0.6 is 11.6 Å². The lowest BCUT2D eigenvalue weighted by Crippen LogP contribution is -2.19. The van der Waals surface area contributed by atoms with Crippen LogP contribution in [0.4, 0.5) is 0 Å². The second kappa shape index (κ2) is 6.57. The molecule has 128 valence electrons. The maximum Gasteiger partial charge on any atom is 0.269 e. The van der Waals surface area contributed by atoms with Crippen molar-refractivity contribution in [2.24, 2.45) is 0 Å². The van der Waals surface area contributed by atoms with Gasteiger partial charge in [-0.1, -0.05) is 11.6 Å². The Labute approximate surface area is 145 Å². The number of nitrogens with one attached hydrogen (secondary N) is 1. The first kappa shape index (κ1) is 17.0. The number of carbonyl (C=O) groups is 2. The number of nitrogens with zero attached hydrogens (tertiary/aromatic N) is 3. The molecule has 11 heteroatoms. The highest BCUT2D eigenvalue weighted by atomic mass is 35.5. The summed E-state index contributed by atoms with van der Waals surface area (Å²) >= 11 is 5.76. The van der Waals surface area contributed by atoms with Gasteiger partial charge in [0.1, 0.15) is 11.2 Å². The molecule has 0 aliphatic heterocycles. The lowest BCUT2D eigenvalue weighted by atomic mass is 10.1. The van der Waals surface area contributed by atoms with Crippen LogP contribution < -0.4 is 0 Å². The van der Waals surface area contributed by atoms with E-state index in [4.69, 9.17) is 16.0 Å². The number of H-pyrrole nitrogens is 1. The van der Waals surface area contributed by atoms with E-state index in [2.05, 4.69) is 20.6 Å². The fraction of sp³-hybridized carbons (Fsp3) is 0.0714. The zero-order chi connectivity index (χ0) is 18.0. The third-order valence-electron chi connectivity index (χ3n) is 3.27. The Bertz CT molecular complexity index is 1030. The average molecular weight is 381 g/mol. The standard InChI is InChI=1S/C14H9ClN4O5S/c15-9-1-3-10(4-2-9)25(22,23)12-7-24-6-8(12)5-11(20)13(21)14-16-18-19-17-14/h1-4,6-7H,5H2,(H,16,17,18,19). The molecule has 1 aromatic carbocycles. The first-order valence-electron chi connectivity index (χ1n) is 6.76. The number of Topliss-reactive ketones (excluding diaryl/α,β-unsaturated/α-hetero) is 2. The van der Waals surface area contributed by atoms with Crippen LogP contribution in [0, 0.1) is 0 Å². The number of ketones is 2. The summed E-state index contributed by atoms with van der Waals surface area (Å²) in [6.45, 7) is 0. The molecule has 0 amide bonds. The van der Waals surface area contributed by atoms with Crippen molar-refractivity contribution in [1.29, 1.82) is 0 Å². The average Bonchev–Trinajstić information content (AvgIpc) is 3.26. The van der Waals surface area contributed by atoms with Gasteiger partial charge < -0.3 is 4.42 Å². The monoisotopic (exact) mass is 380 g/mol. The third kappa shape index (κ3) is 3.35. The predicted molar refractivity (Wildman–Crippen MR) is 82.8 cm³/mol. The van der Waals surface area contributed by atoms with E-state index >= 15 is 0 Å². The number of aromatic amines is 1. The molecule has 0 atom stereocenters. The van der Waals surface area contributed by atoms with Gasteiger partial charge in [0.25, 0.3) is 5.78 Å². The van der Waals surface area contributed by atoms with E-state index in [0.717, 1.165) is 12.5 Å². The van der Waals surface area contributed by atoms with Crippen molar-refractivity contribution in [3.8, 4) is 0 Å². The van der Waals surface area contributed by atoms with Gasteiger partial charge in [-0.2, -0.15) is 5.21 Å². The lowest BCUT2D eigenvalue weighted by Gasteiger charge is -2.04. The predicted octanol–water partition coefficient (Wildman–Crippen LogP) is 1.27. The summed E-state index contributed by atoms with van der Waals surface area (Å²) < 4.78 is 30.3. The zero-order valence-electron chi connectivity index (χ0n) is 12.3. The summed E-state index contributed by atoms with van der Waals surface area (Å²) in [4.78, 5) is 23.7. The van der Waals surface area contributed by atoms with Crippen LogP contribution in [0.2, 0.25) is 5.02 Å². The van der Waals surface area contributed by atoms with E-state index in [1.54, 1.807) is 0 Å². The van der Waals surface area contributed by atoms with Gasteiger partial charge in [-0.15, -0.1) is 10.2 Å².